The first-order valence-corrected chi connectivity index (χ1v) is 13.7. The minimum Gasteiger partial charge on any atom is -0.144 e. The second-order valence-electron chi connectivity index (χ2n) is 8.17. The molecule has 2 heteroatoms. The molecule has 1 aliphatic rings. The third-order valence-corrected chi connectivity index (χ3v) is 13.1. The molecule has 0 saturated heterocycles. The number of benzene rings is 3. The van der Waals surface area contributed by atoms with Gasteiger partial charge in [-0.2, -0.15) is 0 Å². The topological polar surface area (TPSA) is 0 Å². The maximum absolute atomic E-state index is 2.41. The van der Waals surface area contributed by atoms with Gasteiger partial charge in [-0.05, 0) is 41.8 Å². The van der Waals surface area contributed by atoms with E-state index in [4.69, 9.17) is 0 Å². The maximum atomic E-state index is 2.41. The van der Waals surface area contributed by atoms with Crippen LogP contribution in [0.15, 0.2) is 120 Å². The first-order chi connectivity index (χ1) is 15.3. The summed E-state index contributed by atoms with van der Waals surface area (Å²) in [4.78, 5) is 1.35. The van der Waals surface area contributed by atoms with Gasteiger partial charge < -0.3 is 0 Å². The number of hydrogen-bond donors (Lipinski definition) is 0. The minimum absolute atomic E-state index is 1.12. The van der Waals surface area contributed by atoms with Crippen LogP contribution in [0.5, 0.6) is 0 Å². The average molecular weight is 435 g/mol. The van der Waals surface area contributed by atoms with E-state index in [-0.39, 0.29) is 0 Å². The van der Waals surface area contributed by atoms with Crippen molar-refractivity contribution in [3.8, 4) is 10.4 Å². The summed E-state index contributed by atoms with van der Waals surface area (Å²) in [7, 11) is -2.32. The van der Waals surface area contributed by atoms with Crippen LogP contribution >= 0.6 is 11.3 Å². The summed E-state index contributed by atoms with van der Waals surface area (Å²) >= 11 is 1.98. The fraction of sp³-hybridized carbons (Fsp3) is 0.103. The summed E-state index contributed by atoms with van der Waals surface area (Å²) in [6.07, 6.45) is 9.22. The van der Waals surface area contributed by atoms with E-state index >= 15 is 0 Å². The molecule has 152 valence electrons. The summed E-state index contributed by atoms with van der Waals surface area (Å²) in [6, 6.07) is 36.1. The third-order valence-electron chi connectivity index (χ3n) is 6.22. The predicted molar refractivity (Wildman–Crippen MR) is 138 cm³/mol. The first kappa shape index (κ1) is 20.0. The van der Waals surface area contributed by atoms with E-state index in [1.54, 1.807) is 5.20 Å². The molecule has 0 amide bonds. The van der Waals surface area contributed by atoms with Crippen molar-refractivity contribution in [3.05, 3.63) is 126 Å². The average Bonchev–Trinajstić information content (AvgIpc) is 3.33. The monoisotopic (exact) mass is 434 g/mol. The Hall–Kier alpha value is -2.94. The molecule has 0 bridgehead atoms. The molecule has 0 radical (unpaired) electrons. The molecule has 5 rings (SSSR count). The fourth-order valence-corrected chi connectivity index (χ4v) is 12.0. The van der Waals surface area contributed by atoms with Crippen LogP contribution in [0.3, 0.4) is 0 Å². The third kappa shape index (κ3) is 3.67. The molecule has 0 atom stereocenters. The van der Waals surface area contributed by atoms with E-state index in [9.17, 15) is 0 Å². The molecule has 1 heterocycles. The van der Waals surface area contributed by atoms with Crippen molar-refractivity contribution in [2.24, 2.45) is 0 Å². The van der Waals surface area contributed by atoms with Crippen molar-refractivity contribution in [2.75, 3.05) is 0 Å². The largest absolute Gasteiger partial charge is 0.187 e. The number of hydrogen-bond acceptors (Lipinski definition) is 1. The number of allylic oxidation sites excluding steroid dienone is 4. The lowest BCUT2D eigenvalue weighted by molar-refractivity contribution is 1.01. The molecule has 1 aromatic heterocycles. The van der Waals surface area contributed by atoms with Gasteiger partial charge in [0, 0.05) is 9.38 Å². The van der Waals surface area contributed by atoms with Gasteiger partial charge in [-0.1, -0.05) is 120 Å². The first-order valence-electron chi connectivity index (χ1n) is 10.9. The lowest BCUT2D eigenvalue weighted by Crippen LogP contribution is -2.68. The molecule has 0 N–H and O–H groups in total. The molecule has 0 saturated carbocycles. The second-order valence-corrected chi connectivity index (χ2v) is 13.5. The molecular formula is C29H26SSi. The molecule has 4 aromatic rings. The number of thiophene rings is 1. The zero-order valence-corrected chi connectivity index (χ0v) is 19.6. The van der Waals surface area contributed by atoms with Crippen LogP contribution < -0.4 is 14.9 Å². The van der Waals surface area contributed by atoms with Crippen molar-refractivity contribution in [3.63, 3.8) is 0 Å². The maximum Gasteiger partial charge on any atom is 0.187 e. The van der Waals surface area contributed by atoms with E-state index in [1.807, 2.05) is 11.3 Å². The van der Waals surface area contributed by atoms with Gasteiger partial charge in [0.25, 0.3) is 0 Å². The standard InChI is InChI=1S/C29H26SSi/c1-23-17-19-24(20-18-23)28-21-22-29(30-28)31(25-11-5-2-6-12-25,26-13-7-3-8-14-26)27-15-9-4-10-16-27/h2-9,11-15,17-22H,10,16H2,1H3. The highest BCUT2D eigenvalue weighted by Gasteiger charge is 2.43. The van der Waals surface area contributed by atoms with Gasteiger partial charge in [-0.15, -0.1) is 11.3 Å². The second kappa shape index (κ2) is 8.66. The van der Waals surface area contributed by atoms with Crippen molar-refractivity contribution >= 4 is 34.3 Å². The zero-order chi connectivity index (χ0) is 21.1. The normalized spacial score (nSPS) is 13.8. The molecule has 3 aromatic carbocycles. The molecule has 0 unspecified atom stereocenters. The van der Waals surface area contributed by atoms with Crippen LogP contribution in [-0.4, -0.2) is 8.07 Å². The summed E-state index contributed by atoms with van der Waals surface area (Å²) in [5, 5.41) is 4.55. The number of aryl methyl sites for hydroxylation is 1. The van der Waals surface area contributed by atoms with Crippen LogP contribution in [0.4, 0.5) is 0 Å². The van der Waals surface area contributed by atoms with Gasteiger partial charge in [0.15, 0.2) is 8.07 Å². The SMILES string of the molecule is Cc1ccc(-c2ccc([Si](C3=CC=CCC3)(c3ccccc3)c3ccccc3)s2)cc1. The van der Waals surface area contributed by atoms with Crippen molar-refractivity contribution in [1.82, 2.24) is 0 Å². The smallest absolute Gasteiger partial charge is 0.144 e. The Labute approximate surface area is 190 Å². The highest BCUT2D eigenvalue weighted by Crippen LogP contribution is 2.30. The Bertz CT molecular complexity index is 1180. The van der Waals surface area contributed by atoms with Crippen LogP contribution in [0.2, 0.25) is 0 Å². The summed E-state index contributed by atoms with van der Waals surface area (Å²) in [5.74, 6) is 0. The fourth-order valence-electron chi connectivity index (χ4n) is 4.68. The van der Waals surface area contributed by atoms with Gasteiger partial charge in [0.1, 0.15) is 0 Å². The molecule has 0 fully saturated rings. The minimum atomic E-state index is -2.32. The molecule has 0 spiro atoms. The Kier molecular flexibility index (Phi) is 5.58. The van der Waals surface area contributed by atoms with Gasteiger partial charge in [-0.3, -0.25) is 0 Å². The van der Waals surface area contributed by atoms with Crippen molar-refractivity contribution in [1.29, 1.82) is 0 Å². The lowest BCUT2D eigenvalue weighted by atomic mass is 10.1. The number of rotatable bonds is 5. The molecule has 0 aliphatic heterocycles. The molecule has 1 aliphatic carbocycles. The van der Waals surface area contributed by atoms with E-state index in [1.165, 1.54) is 30.9 Å². The van der Waals surface area contributed by atoms with Crippen LogP contribution in [0, 0.1) is 6.92 Å². The van der Waals surface area contributed by atoms with Crippen molar-refractivity contribution < 1.29 is 0 Å². The Morgan fingerprint density at radius 1 is 0.710 bits per heavy atom. The summed E-state index contributed by atoms with van der Waals surface area (Å²) in [5.41, 5.74) is 2.61. The van der Waals surface area contributed by atoms with Crippen LogP contribution in [0.25, 0.3) is 10.4 Å². The van der Waals surface area contributed by atoms with Crippen LogP contribution in [-0.2, 0) is 0 Å². The highest BCUT2D eigenvalue weighted by molar-refractivity contribution is 7.36. The Balaban J connectivity index is 1.77. The van der Waals surface area contributed by atoms with Crippen molar-refractivity contribution in [2.45, 2.75) is 19.8 Å². The molecule has 31 heavy (non-hydrogen) atoms. The highest BCUT2D eigenvalue weighted by atomic mass is 32.1. The zero-order valence-electron chi connectivity index (χ0n) is 17.8. The van der Waals surface area contributed by atoms with Gasteiger partial charge in [0.2, 0.25) is 0 Å². The van der Waals surface area contributed by atoms with E-state index in [0.29, 0.717) is 0 Å². The molecule has 0 nitrogen and oxygen atoms in total. The lowest BCUT2D eigenvalue weighted by Gasteiger charge is -2.35. The van der Waals surface area contributed by atoms with Crippen LogP contribution in [0.1, 0.15) is 18.4 Å². The Morgan fingerprint density at radius 2 is 1.35 bits per heavy atom. The molecular weight excluding hydrogens is 408 g/mol. The van der Waals surface area contributed by atoms with Gasteiger partial charge in [0.05, 0.1) is 0 Å². The van der Waals surface area contributed by atoms with Gasteiger partial charge >= 0.3 is 0 Å². The van der Waals surface area contributed by atoms with E-state index in [0.717, 1.165) is 12.8 Å². The summed E-state index contributed by atoms with van der Waals surface area (Å²) in [6.45, 7) is 2.15. The predicted octanol–water partition coefficient (Wildman–Crippen LogP) is 6.01. The van der Waals surface area contributed by atoms with E-state index in [2.05, 4.69) is 122 Å². The quantitative estimate of drug-likeness (QED) is 0.338. The summed E-state index contributed by atoms with van der Waals surface area (Å²) < 4.78 is 1.52. The van der Waals surface area contributed by atoms with Gasteiger partial charge in [-0.25, -0.2) is 0 Å². The van der Waals surface area contributed by atoms with E-state index < -0.39 is 8.07 Å². The Morgan fingerprint density at radius 3 is 1.94 bits per heavy atom.